The van der Waals surface area contributed by atoms with Gasteiger partial charge in [0.1, 0.15) is 6.04 Å². The number of carbonyl (C=O) groups excluding carboxylic acids is 1. The number of rotatable bonds is 8. The van der Waals surface area contributed by atoms with Gasteiger partial charge in [0.25, 0.3) is 5.91 Å². The van der Waals surface area contributed by atoms with E-state index in [-0.39, 0.29) is 12.7 Å². The Labute approximate surface area is 129 Å². The molecule has 0 bridgehead atoms. The topological polar surface area (TPSA) is 136 Å². The van der Waals surface area contributed by atoms with Gasteiger partial charge in [-0.1, -0.05) is 12.8 Å². The van der Waals surface area contributed by atoms with Crippen LogP contribution in [0.4, 0.5) is 0 Å². The molecule has 9 heteroatoms. The average molecular weight is 334 g/mol. The monoisotopic (exact) mass is 334 g/mol. The van der Waals surface area contributed by atoms with Crippen molar-refractivity contribution in [2.24, 2.45) is 11.7 Å². The zero-order valence-electron chi connectivity index (χ0n) is 12.2. The highest BCUT2D eigenvalue weighted by atomic mass is 32.2. The van der Waals surface area contributed by atoms with Gasteiger partial charge >= 0.3 is 5.97 Å². The van der Waals surface area contributed by atoms with Crippen molar-refractivity contribution < 1.29 is 27.9 Å². The number of ether oxygens (including phenoxy) is 1. The van der Waals surface area contributed by atoms with Gasteiger partial charge in [0.15, 0.2) is 5.25 Å². The second-order valence-electron chi connectivity index (χ2n) is 5.95. The number of nitrogens with one attached hydrogen (secondary N) is 1. The van der Waals surface area contributed by atoms with Gasteiger partial charge in [-0.15, -0.1) is 0 Å². The number of hydrogen-bond donors (Lipinski definition) is 3. The van der Waals surface area contributed by atoms with Crippen LogP contribution in [0.2, 0.25) is 0 Å². The van der Waals surface area contributed by atoms with Gasteiger partial charge in [0, 0.05) is 0 Å². The molecule has 1 amide bonds. The van der Waals surface area contributed by atoms with Gasteiger partial charge in [-0.3, -0.25) is 14.3 Å². The maximum atomic E-state index is 12.0. The first-order chi connectivity index (χ1) is 10.3. The molecule has 0 aliphatic heterocycles. The minimum Gasteiger partial charge on any atom is -0.480 e. The summed E-state index contributed by atoms with van der Waals surface area (Å²) in [5.41, 5.74) is 5.62. The Morgan fingerprint density at radius 1 is 1.23 bits per heavy atom. The summed E-state index contributed by atoms with van der Waals surface area (Å²) in [4.78, 5) is 22.9. The predicted molar refractivity (Wildman–Crippen MR) is 77.4 cm³/mol. The molecule has 0 aromatic rings. The lowest BCUT2D eigenvalue weighted by molar-refractivity contribution is -0.136. The third kappa shape index (κ3) is 4.40. The molecule has 0 heterocycles. The molecule has 0 aromatic carbocycles. The molecule has 126 valence electrons. The van der Waals surface area contributed by atoms with Gasteiger partial charge in [-0.25, -0.2) is 8.42 Å². The minimum atomic E-state index is -4.27. The molecule has 2 rings (SSSR count). The number of aliphatic carboxylic acids is 1. The lowest BCUT2D eigenvalue weighted by Gasteiger charge is -2.18. The number of carboxylic acids is 1. The molecule has 8 nitrogen and oxygen atoms in total. The van der Waals surface area contributed by atoms with Gasteiger partial charge in [0.05, 0.1) is 12.7 Å². The van der Waals surface area contributed by atoms with Crippen LogP contribution < -0.4 is 10.5 Å². The van der Waals surface area contributed by atoms with Crippen molar-refractivity contribution in [2.45, 2.75) is 55.9 Å². The van der Waals surface area contributed by atoms with E-state index in [0.29, 0.717) is 12.8 Å². The molecule has 2 unspecified atom stereocenters. The van der Waals surface area contributed by atoms with Crippen molar-refractivity contribution in [3.8, 4) is 0 Å². The van der Waals surface area contributed by atoms with Crippen LogP contribution in [-0.2, 0) is 24.3 Å². The fourth-order valence-corrected chi connectivity index (χ4v) is 4.24. The molecule has 2 aliphatic carbocycles. The van der Waals surface area contributed by atoms with E-state index < -0.39 is 39.1 Å². The molecule has 4 N–H and O–H groups in total. The van der Waals surface area contributed by atoms with Crippen molar-refractivity contribution in [2.75, 3.05) is 6.61 Å². The fourth-order valence-electron chi connectivity index (χ4n) is 2.64. The van der Waals surface area contributed by atoms with Gasteiger partial charge in [-0.05, 0) is 31.6 Å². The summed E-state index contributed by atoms with van der Waals surface area (Å²) in [6.45, 7) is -0.0762. The normalized spacial score (nSPS) is 22.2. The average Bonchev–Trinajstić information content (AvgIpc) is 3.08. The third-order valence-corrected chi connectivity index (χ3v) is 5.76. The standard InChI is InChI=1S/C13H22N2O6S/c14-10(7-21-9-3-1-2-4-9)12(16)15-22(19,20)11(13(17)18)8-5-6-8/h8-11H,1-7,14H2,(H,15,16)(H,17,18). The van der Waals surface area contributed by atoms with Crippen molar-refractivity contribution in [1.29, 1.82) is 0 Å². The summed E-state index contributed by atoms with van der Waals surface area (Å²) in [5, 5.41) is 7.43. The van der Waals surface area contributed by atoms with Crippen LogP contribution in [0.15, 0.2) is 0 Å². The summed E-state index contributed by atoms with van der Waals surface area (Å²) < 4.78 is 31.3. The van der Waals surface area contributed by atoms with E-state index >= 15 is 0 Å². The van der Waals surface area contributed by atoms with Crippen LogP contribution in [-0.4, -0.2) is 49.4 Å². The van der Waals surface area contributed by atoms with E-state index in [1.54, 1.807) is 4.72 Å². The maximum Gasteiger partial charge on any atom is 0.324 e. The summed E-state index contributed by atoms with van der Waals surface area (Å²) in [6, 6.07) is -1.14. The van der Waals surface area contributed by atoms with E-state index in [0.717, 1.165) is 25.7 Å². The second-order valence-corrected chi connectivity index (χ2v) is 7.76. The van der Waals surface area contributed by atoms with Crippen LogP contribution >= 0.6 is 0 Å². The zero-order chi connectivity index (χ0) is 16.3. The van der Waals surface area contributed by atoms with Crippen molar-refractivity contribution in [1.82, 2.24) is 4.72 Å². The molecule has 2 aliphatic rings. The number of nitrogens with two attached hydrogens (primary N) is 1. The van der Waals surface area contributed by atoms with Crippen LogP contribution in [0.5, 0.6) is 0 Å². The number of carboxylic acid groups (broad SMARTS) is 1. The number of amides is 1. The molecule has 2 fully saturated rings. The Morgan fingerprint density at radius 3 is 2.32 bits per heavy atom. The number of carbonyl (C=O) groups is 2. The molecule has 2 saturated carbocycles. The molecule has 22 heavy (non-hydrogen) atoms. The summed E-state index contributed by atoms with van der Waals surface area (Å²) in [7, 11) is -4.27. The summed E-state index contributed by atoms with van der Waals surface area (Å²) >= 11 is 0. The summed E-state index contributed by atoms with van der Waals surface area (Å²) in [6.07, 6.45) is 5.09. The highest BCUT2D eigenvalue weighted by Crippen LogP contribution is 2.36. The molecule has 0 radical (unpaired) electrons. The van der Waals surface area contributed by atoms with E-state index in [9.17, 15) is 18.0 Å². The first kappa shape index (κ1) is 17.2. The Kier molecular flexibility index (Phi) is 5.41. The zero-order valence-corrected chi connectivity index (χ0v) is 13.0. The molecular formula is C13H22N2O6S. The van der Waals surface area contributed by atoms with Gasteiger partial charge < -0.3 is 15.6 Å². The van der Waals surface area contributed by atoms with Crippen molar-refractivity contribution >= 4 is 21.9 Å². The smallest absolute Gasteiger partial charge is 0.324 e. The van der Waals surface area contributed by atoms with Crippen molar-refractivity contribution in [3.63, 3.8) is 0 Å². The second kappa shape index (κ2) is 6.93. The number of sulfonamides is 1. The Hall–Kier alpha value is -1.19. The maximum absolute atomic E-state index is 12.0. The van der Waals surface area contributed by atoms with E-state index in [4.69, 9.17) is 15.6 Å². The quantitative estimate of drug-likeness (QED) is 0.548. The van der Waals surface area contributed by atoms with E-state index in [2.05, 4.69) is 0 Å². The lowest BCUT2D eigenvalue weighted by atomic mass is 10.3. The Morgan fingerprint density at radius 2 is 1.82 bits per heavy atom. The molecule has 0 spiro atoms. The largest absolute Gasteiger partial charge is 0.480 e. The van der Waals surface area contributed by atoms with E-state index in [1.165, 1.54) is 0 Å². The van der Waals surface area contributed by atoms with Crippen LogP contribution in [0, 0.1) is 5.92 Å². The number of hydrogen-bond acceptors (Lipinski definition) is 6. The summed E-state index contributed by atoms with van der Waals surface area (Å²) in [5.74, 6) is -2.81. The van der Waals surface area contributed by atoms with Gasteiger partial charge in [-0.2, -0.15) is 0 Å². The van der Waals surface area contributed by atoms with Gasteiger partial charge in [0.2, 0.25) is 10.0 Å². The molecule has 0 saturated heterocycles. The van der Waals surface area contributed by atoms with E-state index in [1.807, 2.05) is 0 Å². The predicted octanol–water partition coefficient (Wildman–Crippen LogP) is -0.418. The van der Waals surface area contributed by atoms with Crippen molar-refractivity contribution in [3.05, 3.63) is 0 Å². The third-order valence-electron chi connectivity index (χ3n) is 4.02. The van der Waals surface area contributed by atoms with Crippen LogP contribution in [0.3, 0.4) is 0 Å². The van der Waals surface area contributed by atoms with Crippen LogP contribution in [0.1, 0.15) is 38.5 Å². The molecule has 0 aromatic heterocycles. The Bertz CT molecular complexity index is 525. The first-order valence-corrected chi connectivity index (χ1v) is 9.01. The first-order valence-electron chi connectivity index (χ1n) is 7.46. The highest BCUT2D eigenvalue weighted by molar-refractivity contribution is 7.91. The van der Waals surface area contributed by atoms with Crippen LogP contribution in [0.25, 0.3) is 0 Å². The molecular weight excluding hydrogens is 312 g/mol. The minimum absolute atomic E-state index is 0.0636. The lowest BCUT2D eigenvalue weighted by Crippen LogP contribution is -2.50. The Balaban J connectivity index is 1.87. The SMILES string of the molecule is NC(COC1CCCC1)C(=O)NS(=O)(=O)C(C(=O)O)C1CC1. The fraction of sp³-hybridized carbons (Fsp3) is 0.846. The highest BCUT2D eigenvalue weighted by Gasteiger charge is 2.46. The molecule has 2 atom stereocenters.